The van der Waals surface area contributed by atoms with Crippen LogP contribution in [0.15, 0.2) is 24.3 Å². The standard InChI is InChI=1S/C11H10F6N3O3/c1-9(10(12,13)14,11(15,16)17)19-8(21)18-6-4-2-3-5-7(6)20(22)23/h2-5,22H,1H3,(H2,18,19,21)/q-1. The highest BCUT2D eigenvalue weighted by Gasteiger charge is 2.68. The number of halogens is 6. The highest BCUT2D eigenvalue weighted by Crippen LogP contribution is 2.42. The summed E-state index contributed by atoms with van der Waals surface area (Å²) in [5, 5.41) is 21.3. The lowest BCUT2D eigenvalue weighted by Crippen LogP contribution is -2.66. The van der Waals surface area contributed by atoms with Crippen LogP contribution in [-0.2, 0) is 0 Å². The van der Waals surface area contributed by atoms with Gasteiger partial charge in [-0.1, -0.05) is 12.1 Å². The molecule has 12 heteroatoms. The van der Waals surface area contributed by atoms with Crippen molar-refractivity contribution in [2.45, 2.75) is 24.8 Å². The lowest BCUT2D eigenvalue weighted by Gasteiger charge is -2.34. The Morgan fingerprint density at radius 1 is 1.13 bits per heavy atom. The van der Waals surface area contributed by atoms with Crippen LogP contribution in [0.2, 0.25) is 0 Å². The quantitative estimate of drug-likeness (QED) is 0.578. The zero-order chi connectivity index (χ0) is 18.1. The van der Waals surface area contributed by atoms with Crippen molar-refractivity contribution in [2.24, 2.45) is 0 Å². The Labute approximate surface area is 125 Å². The molecule has 0 radical (unpaired) electrons. The third-order valence-corrected chi connectivity index (χ3v) is 2.86. The van der Waals surface area contributed by atoms with Gasteiger partial charge in [-0.3, -0.25) is 5.21 Å². The number of rotatable bonds is 3. The Balaban J connectivity index is 3.04. The molecule has 6 nitrogen and oxygen atoms in total. The van der Waals surface area contributed by atoms with Gasteiger partial charge in [-0.25, -0.2) is 4.79 Å². The van der Waals surface area contributed by atoms with Gasteiger partial charge in [0.2, 0.25) is 5.54 Å². The number of nitrogens with zero attached hydrogens (tertiary/aromatic N) is 1. The maximum absolute atomic E-state index is 12.6. The number of benzene rings is 1. The van der Waals surface area contributed by atoms with Crippen molar-refractivity contribution in [3.05, 3.63) is 29.5 Å². The molecular weight excluding hydrogens is 336 g/mol. The monoisotopic (exact) mass is 346 g/mol. The highest BCUT2D eigenvalue weighted by atomic mass is 19.4. The van der Waals surface area contributed by atoms with E-state index in [4.69, 9.17) is 5.21 Å². The van der Waals surface area contributed by atoms with E-state index >= 15 is 0 Å². The van der Waals surface area contributed by atoms with Crippen LogP contribution in [0, 0.1) is 5.21 Å². The van der Waals surface area contributed by atoms with Crippen LogP contribution >= 0.6 is 0 Å². The van der Waals surface area contributed by atoms with E-state index in [1.54, 1.807) is 5.32 Å². The zero-order valence-electron chi connectivity index (χ0n) is 11.3. The summed E-state index contributed by atoms with van der Waals surface area (Å²) in [7, 11) is 0. The second-order valence-electron chi connectivity index (χ2n) is 4.49. The van der Waals surface area contributed by atoms with Gasteiger partial charge < -0.3 is 21.1 Å². The molecule has 3 N–H and O–H groups in total. The van der Waals surface area contributed by atoms with Crippen molar-refractivity contribution in [3.63, 3.8) is 0 Å². The van der Waals surface area contributed by atoms with Crippen molar-refractivity contribution in [2.75, 3.05) is 10.5 Å². The van der Waals surface area contributed by atoms with Crippen LogP contribution in [0.3, 0.4) is 0 Å². The largest absolute Gasteiger partial charge is 0.733 e. The van der Waals surface area contributed by atoms with Gasteiger partial charge in [0, 0.05) is 0 Å². The summed E-state index contributed by atoms with van der Waals surface area (Å²) in [6, 6.07) is 2.59. The van der Waals surface area contributed by atoms with E-state index in [9.17, 15) is 36.3 Å². The minimum atomic E-state index is -5.82. The van der Waals surface area contributed by atoms with Crippen molar-refractivity contribution in [3.8, 4) is 0 Å². The normalized spacial score (nSPS) is 12.7. The molecular formula is C11H10F6N3O3-. The molecule has 0 bridgehead atoms. The Morgan fingerprint density at radius 3 is 2.04 bits per heavy atom. The second kappa shape index (κ2) is 6.12. The van der Waals surface area contributed by atoms with E-state index in [1.165, 1.54) is 12.1 Å². The van der Waals surface area contributed by atoms with E-state index in [-0.39, 0.29) is 6.92 Å². The molecule has 2 amide bonds. The first-order valence-electron chi connectivity index (χ1n) is 5.77. The number of nitrogens with one attached hydrogen (secondary N) is 2. The molecule has 0 aliphatic heterocycles. The molecule has 1 aromatic rings. The van der Waals surface area contributed by atoms with Crippen LogP contribution < -0.4 is 15.9 Å². The molecule has 0 saturated heterocycles. The van der Waals surface area contributed by atoms with Gasteiger partial charge in [-0.2, -0.15) is 26.3 Å². The summed E-state index contributed by atoms with van der Waals surface area (Å²) in [5.41, 5.74) is -5.58. The third-order valence-electron chi connectivity index (χ3n) is 2.86. The zero-order valence-corrected chi connectivity index (χ0v) is 11.3. The number of amides is 2. The molecule has 0 aliphatic rings. The molecule has 23 heavy (non-hydrogen) atoms. The van der Waals surface area contributed by atoms with E-state index in [0.717, 1.165) is 17.4 Å². The first kappa shape index (κ1) is 18.8. The molecule has 0 atom stereocenters. The number of para-hydroxylation sites is 2. The number of hydrogen-bond donors (Lipinski definition) is 3. The van der Waals surface area contributed by atoms with E-state index in [0.29, 0.717) is 0 Å². The molecule has 0 aliphatic carbocycles. The van der Waals surface area contributed by atoms with Crippen LogP contribution in [-0.4, -0.2) is 29.1 Å². The van der Waals surface area contributed by atoms with Crippen LogP contribution in [0.5, 0.6) is 0 Å². The van der Waals surface area contributed by atoms with Gasteiger partial charge in [-0.15, -0.1) is 0 Å². The van der Waals surface area contributed by atoms with Gasteiger partial charge in [0.25, 0.3) is 0 Å². The van der Waals surface area contributed by atoms with Crippen molar-refractivity contribution in [1.82, 2.24) is 5.32 Å². The number of urea groups is 1. The van der Waals surface area contributed by atoms with Crippen molar-refractivity contribution in [1.29, 1.82) is 0 Å². The second-order valence-corrected chi connectivity index (χ2v) is 4.49. The van der Waals surface area contributed by atoms with Gasteiger partial charge in [0.1, 0.15) is 0 Å². The number of hydrogen-bond acceptors (Lipinski definition) is 4. The SMILES string of the molecule is CC(NC(=O)Nc1ccccc1N([O-])O)(C(F)(F)F)C(F)(F)F. The lowest BCUT2D eigenvalue weighted by atomic mass is 10.0. The van der Waals surface area contributed by atoms with Gasteiger partial charge in [0.05, 0.1) is 11.4 Å². The summed E-state index contributed by atoms with van der Waals surface area (Å²) in [5.74, 6) is 0. The Hall–Kier alpha value is -2.21. The number of carbonyl (C=O) groups is 1. The molecule has 0 spiro atoms. The number of carbonyl (C=O) groups excluding carboxylic acids is 1. The summed E-state index contributed by atoms with van der Waals surface area (Å²) < 4.78 is 75.9. The molecule has 0 fully saturated rings. The van der Waals surface area contributed by atoms with Crippen molar-refractivity contribution < 1.29 is 36.3 Å². The fourth-order valence-corrected chi connectivity index (χ4v) is 1.43. The average molecular weight is 346 g/mol. The topological polar surface area (TPSA) is 87.7 Å². The fraction of sp³-hybridized carbons (Fsp3) is 0.364. The smallest absolute Gasteiger partial charge is 0.420 e. The predicted octanol–water partition coefficient (Wildman–Crippen LogP) is 3.38. The van der Waals surface area contributed by atoms with Gasteiger partial charge >= 0.3 is 18.4 Å². The highest BCUT2D eigenvalue weighted by molar-refractivity contribution is 5.93. The molecule has 0 aromatic heterocycles. The lowest BCUT2D eigenvalue weighted by molar-refractivity contribution is -0.297. The number of anilines is 2. The molecule has 1 rings (SSSR count). The molecule has 130 valence electrons. The van der Waals surface area contributed by atoms with Crippen LogP contribution in [0.4, 0.5) is 42.5 Å². The first-order chi connectivity index (χ1) is 10.3. The summed E-state index contributed by atoms with van der Waals surface area (Å²) in [6.07, 6.45) is -11.6. The molecule has 1 aromatic carbocycles. The molecule has 0 unspecified atom stereocenters. The number of alkyl halides is 6. The Morgan fingerprint density at radius 2 is 1.61 bits per heavy atom. The van der Waals surface area contributed by atoms with Crippen molar-refractivity contribution >= 4 is 17.4 Å². The first-order valence-corrected chi connectivity index (χ1v) is 5.77. The maximum atomic E-state index is 12.6. The van der Waals surface area contributed by atoms with Crippen LogP contribution in [0.1, 0.15) is 6.92 Å². The minimum absolute atomic E-state index is 0.246. The average Bonchev–Trinajstić information content (AvgIpc) is 2.36. The summed E-state index contributed by atoms with van der Waals surface area (Å²) >= 11 is 0. The van der Waals surface area contributed by atoms with Gasteiger partial charge in [0.15, 0.2) is 0 Å². The Bertz CT molecular complexity index is 559. The fourth-order valence-electron chi connectivity index (χ4n) is 1.43. The maximum Gasteiger partial charge on any atom is 0.420 e. The van der Waals surface area contributed by atoms with E-state index in [2.05, 4.69) is 0 Å². The summed E-state index contributed by atoms with van der Waals surface area (Å²) in [4.78, 5) is 11.5. The summed E-state index contributed by atoms with van der Waals surface area (Å²) in [6.45, 7) is -0.246. The van der Waals surface area contributed by atoms with Crippen LogP contribution in [0.25, 0.3) is 0 Å². The Kier molecular flexibility index (Phi) is 5.01. The van der Waals surface area contributed by atoms with E-state index in [1.807, 2.05) is 0 Å². The minimum Gasteiger partial charge on any atom is -0.733 e. The molecule has 0 saturated carbocycles. The molecule has 0 heterocycles. The predicted molar refractivity (Wildman–Crippen MR) is 66.7 cm³/mol. The third kappa shape index (κ3) is 3.96. The van der Waals surface area contributed by atoms with E-state index < -0.39 is 40.5 Å². The van der Waals surface area contributed by atoms with Gasteiger partial charge in [-0.05, 0) is 19.1 Å².